The Hall–Kier alpha value is -3.44. The maximum Gasteiger partial charge on any atom is 0.263 e. The lowest BCUT2D eigenvalue weighted by atomic mass is 10.2. The van der Waals surface area contributed by atoms with Crippen molar-refractivity contribution in [3.63, 3.8) is 0 Å². The van der Waals surface area contributed by atoms with Crippen LogP contribution in [-0.2, 0) is 24.8 Å². The Bertz CT molecular complexity index is 1330. The van der Waals surface area contributed by atoms with E-state index in [1.54, 1.807) is 36.4 Å². The van der Waals surface area contributed by atoms with Crippen LogP contribution >= 0.6 is 0 Å². The van der Waals surface area contributed by atoms with Gasteiger partial charge in [-0.25, -0.2) is 21.8 Å². The van der Waals surface area contributed by atoms with Gasteiger partial charge >= 0.3 is 0 Å². The highest BCUT2D eigenvalue weighted by Gasteiger charge is 2.29. The van der Waals surface area contributed by atoms with Crippen molar-refractivity contribution in [2.75, 3.05) is 20.6 Å². The SMILES string of the molecule is Cc1ccc(N([C@@H](C)C(=O)Nc2ccc(S(=O)(=O)Nc3ccccn3)cc2)S(C)(=O)=O)cc1. The summed E-state index contributed by atoms with van der Waals surface area (Å²) in [6.07, 6.45) is 2.50. The van der Waals surface area contributed by atoms with Crippen molar-refractivity contribution in [2.24, 2.45) is 0 Å². The molecule has 1 heterocycles. The summed E-state index contributed by atoms with van der Waals surface area (Å²) in [6.45, 7) is 3.35. The molecule has 33 heavy (non-hydrogen) atoms. The highest BCUT2D eigenvalue weighted by Crippen LogP contribution is 2.23. The van der Waals surface area contributed by atoms with Gasteiger partial charge in [0, 0.05) is 11.9 Å². The van der Waals surface area contributed by atoms with E-state index in [-0.39, 0.29) is 10.7 Å². The maximum absolute atomic E-state index is 12.8. The average molecular weight is 489 g/mol. The molecule has 1 aromatic heterocycles. The topological polar surface area (TPSA) is 126 Å². The molecule has 0 saturated heterocycles. The lowest BCUT2D eigenvalue weighted by Gasteiger charge is -2.28. The van der Waals surface area contributed by atoms with Crippen LogP contribution in [0.15, 0.2) is 77.8 Å². The molecule has 0 aliphatic heterocycles. The molecule has 174 valence electrons. The smallest absolute Gasteiger partial charge is 0.263 e. The molecular formula is C22H24N4O5S2. The fourth-order valence-corrected chi connectivity index (χ4v) is 5.27. The van der Waals surface area contributed by atoms with Gasteiger partial charge in [-0.1, -0.05) is 23.8 Å². The Labute approximate surface area is 193 Å². The molecule has 0 bridgehead atoms. The minimum atomic E-state index is -3.86. The van der Waals surface area contributed by atoms with Crippen molar-refractivity contribution in [2.45, 2.75) is 24.8 Å². The lowest BCUT2D eigenvalue weighted by molar-refractivity contribution is -0.116. The van der Waals surface area contributed by atoms with Crippen LogP contribution < -0.4 is 14.3 Å². The van der Waals surface area contributed by atoms with E-state index in [0.717, 1.165) is 16.1 Å². The molecule has 3 aromatic rings. The number of benzene rings is 2. The predicted octanol–water partition coefficient (Wildman–Crippen LogP) is 2.98. The molecule has 2 aromatic carbocycles. The number of rotatable bonds is 8. The summed E-state index contributed by atoms with van der Waals surface area (Å²) in [6, 6.07) is 16.1. The summed E-state index contributed by atoms with van der Waals surface area (Å²) in [5.74, 6) is -0.385. The number of pyridine rings is 1. The predicted molar refractivity (Wildman–Crippen MR) is 128 cm³/mol. The lowest BCUT2D eigenvalue weighted by Crippen LogP contribution is -2.45. The minimum Gasteiger partial charge on any atom is -0.324 e. The molecule has 0 spiro atoms. The minimum absolute atomic E-state index is 0.0170. The van der Waals surface area contributed by atoms with Crippen molar-refractivity contribution in [3.8, 4) is 0 Å². The third kappa shape index (κ3) is 6.08. The third-order valence-electron chi connectivity index (χ3n) is 4.71. The fourth-order valence-electron chi connectivity index (χ4n) is 3.08. The van der Waals surface area contributed by atoms with Crippen LogP contribution in [0.4, 0.5) is 17.2 Å². The summed E-state index contributed by atoms with van der Waals surface area (Å²) in [5.41, 5.74) is 1.64. The summed E-state index contributed by atoms with van der Waals surface area (Å²) < 4.78 is 53.2. The van der Waals surface area contributed by atoms with E-state index < -0.39 is 32.0 Å². The first-order valence-corrected chi connectivity index (χ1v) is 13.2. The first kappa shape index (κ1) is 24.2. The Morgan fingerprint density at radius 1 is 0.939 bits per heavy atom. The van der Waals surface area contributed by atoms with Crippen molar-refractivity contribution in [3.05, 3.63) is 78.5 Å². The monoisotopic (exact) mass is 488 g/mol. The molecule has 3 rings (SSSR count). The number of anilines is 3. The normalized spacial score (nSPS) is 12.6. The molecule has 0 saturated carbocycles. The highest BCUT2D eigenvalue weighted by molar-refractivity contribution is 7.92. The first-order valence-electron chi connectivity index (χ1n) is 9.88. The highest BCUT2D eigenvalue weighted by atomic mass is 32.2. The van der Waals surface area contributed by atoms with E-state index in [9.17, 15) is 21.6 Å². The number of carbonyl (C=O) groups excluding carboxylic acids is 1. The number of hydrogen-bond acceptors (Lipinski definition) is 6. The third-order valence-corrected chi connectivity index (χ3v) is 7.33. The zero-order valence-electron chi connectivity index (χ0n) is 18.3. The second-order valence-corrected chi connectivity index (χ2v) is 10.9. The largest absolute Gasteiger partial charge is 0.324 e. The molecule has 0 radical (unpaired) electrons. The van der Waals surface area contributed by atoms with Gasteiger partial charge in [-0.05, 0) is 62.4 Å². The first-order chi connectivity index (χ1) is 15.5. The van der Waals surface area contributed by atoms with Crippen LogP contribution in [0.5, 0.6) is 0 Å². The number of sulfonamides is 2. The zero-order chi connectivity index (χ0) is 24.2. The van der Waals surface area contributed by atoms with Gasteiger partial charge in [0.05, 0.1) is 16.8 Å². The molecule has 0 aliphatic carbocycles. The van der Waals surface area contributed by atoms with Gasteiger partial charge in [-0.15, -0.1) is 0 Å². The molecule has 1 atom stereocenters. The zero-order valence-corrected chi connectivity index (χ0v) is 19.9. The van der Waals surface area contributed by atoms with Gasteiger partial charge in [0.2, 0.25) is 15.9 Å². The van der Waals surface area contributed by atoms with Gasteiger partial charge in [-0.3, -0.25) is 13.8 Å². The molecule has 0 fully saturated rings. The molecule has 1 amide bonds. The molecule has 9 nitrogen and oxygen atoms in total. The Morgan fingerprint density at radius 3 is 2.12 bits per heavy atom. The van der Waals surface area contributed by atoms with Crippen molar-refractivity contribution >= 4 is 43.1 Å². The summed E-state index contributed by atoms with van der Waals surface area (Å²) in [7, 11) is -7.60. The Morgan fingerprint density at radius 2 is 1.58 bits per heavy atom. The summed E-state index contributed by atoms with van der Waals surface area (Å²) in [4.78, 5) is 16.7. The Kier molecular flexibility index (Phi) is 7.04. The van der Waals surface area contributed by atoms with Crippen LogP contribution in [0.3, 0.4) is 0 Å². The molecule has 2 N–H and O–H groups in total. The van der Waals surface area contributed by atoms with Crippen LogP contribution in [0.2, 0.25) is 0 Å². The van der Waals surface area contributed by atoms with Gasteiger partial charge in [-0.2, -0.15) is 0 Å². The quantitative estimate of drug-likeness (QED) is 0.502. The molecule has 0 unspecified atom stereocenters. The second-order valence-electron chi connectivity index (χ2n) is 7.40. The second kappa shape index (κ2) is 9.59. The van der Waals surface area contributed by atoms with E-state index >= 15 is 0 Å². The van der Waals surface area contributed by atoms with Gasteiger partial charge in [0.25, 0.3) is 10.0 Å². The Balaban J connectivity index is 1.76. The van der Waals surface area contributed by atoms with Crippen molar-refractivity contribution < 1.29 is 21.6 Å². The summed E-state index contributed by atoms with van der Waals surface area (Å²) in [5, 5.41) is 2.63. The van der Waals surface area contributed by atoms with Gasteiger partial charge in [0.15, 0.2) is 0 Å². The number of aromatic nitrogens is 1. The van der Waals surface area contributed by atoms with E-state index in [1.165, 1.54) is 43.5 Å². The number of nitrogens with zero attached hydrogens (tertiary/aromatic N) is 2. The fraction of sp³-hybridized carbons (Fsp3) is 0.182. The average Bonchev–Trinajstić information content (AvgIpc) is 2.75. The van der Waals surface area contributed by atoms with E-state index in [4.69, 9.17) is 0 Å². The van der Waals surface area contributed by atoms with Crippen LogP contribution in [-0.4, -0.2) is 40.0 Å². The van der Waals surface area contributed by atoms with E-state index in [0.29, 0.717) is 11.4 Å². The number of nitrogens with one attached hydrogen (secondary N) is 2. The number of carbonyl (C=O) groups is 1. The molecular weight excluding hydrogens is 464 g/mol. The van der Waals surface area contributed by atoms with E-state index in [2.05, 4.69) is 15.0 Å². The standard InChI is InChI=1S/C22H24N4O5S2/c1-16-7-11-19(12-8-16)26(32(3,28)29)17(2)22(27)24-18-9-13-20(14-10-18)33(30,31)25-21-6-4-5-15-23-21/h4-15,17H,1-3H3,(H,23,25)(H,24,27)/t17-/m0/s1. The number of aryl methyl sites for hydroxylation is 1. The van der Waals surface area contributed by atoms with Gasteiger partial charge < -0.3 is 5.32 Å². The summed E-state index contributed by atoms with van der Waals surface area (Å²) >= 11 is 0. The molecule has 11 heteroatoms. The van der Waals surface area contributed by atoms with Crippen molar-refractivity contribution in [1.29, 1.82) is 0 Å². The van der Waals surface area contributed by atoms with Crippen molar-refractivity contribution in [1.82, 2.24) is 4.98 Å². The van der Waals surface area contributed by atoms with Crippen LogP contribution in [0, 0.1) is 6.92 Å². The number of hydrogen-bond donors (Lipinski definition) is 2. The molecule has 0 aliphatic rings. The van der Waals surface area contributed by atoms with E-state index in [1.807, 2.05) is 6.92 Å². The van der Waals surface area contributed by atoms with Crippen LogP contribution in [0.1, 0.15) is 12.5 Å². The van der Waals surface area contributed by atoms with Crippen LogP contribution in [0.25, 0.3) is 0 Å². The number of amides is 1. The van der Waals surface area contributed by atoms with Gasteiger partial charge in [0.1, 0.15) is 11.9 Å². The maximum atomic E-state index is 12.8.